The first-order valence-corrected chi connectivity index (χ1v) is 10.2. The van der Waals surface area contributed by atoms with Crippen molar-refractivity contribution in [3.8, 4) is 11.6 Å². The number of hydrogen-bond donors (Lipinski definition) is 1. The molecule has 0 atom stereocenters. The Morgan fingerprint density at radius 2 is 1.90 bits per heavy atom. The average molecular weight is 452 g/mol. The van der Waals surface area contributed by atoms with Gasteiger partial charge in [-0.1, -0.05) is 0 Å². The first-order valence-electron chi connectivity index (χ1n) is 8.70. The van der Waals surface area contributed by atoms with Crippen molar-refractivity contribution < 1.29 is 26.3 Å². The lowest BCUT2D eigenvalue weighted by Crippen LogP contribution is -2.14. The molecule has 162 valence electrons. The third kappa shape index (κ3) is 3.79. The predicted molar refractivity (Wildman–Crippen MR) is 104 cm³/mol. The fraction of sp³-hybridized carbons (Fsp3) is 0.167. The molecule has 0 bridgehead atoms. The van der Waals surface area contributed by atoms with Crippen LogP contribution in [0.1, 0.15) is 5.56 Å². The van der Waals surface area contributed by atoms with Crippen LogP contribution < -0.4 is 9.46 Å². The highest BCUT2D eigenvalue weighted by atomic mass is 32.2. The lowest BCUT2D eigenvalue weighted by molar-refractivity contribution is -0.137. The molecule has 13 heteroatoms. The zero-order valence-electron chi connectivity index (χ0n) is 16.1. The van der Waals surface area contributed by atoms with Gasteiger partial charge in [0.1, 0.15) is 16.3 Å². The van der Waals surface area contributed by atoms with Gasteiger partial charge >= 0.3 is 6.18 Å². The van der Waals surface area contributed by atoms with Gasteiger partial charge in [0.15, 0.2) is 5.82 Å². The summed E-state index contributed by atoms with van der Waals surface area (Å²) in [7, 11) is -1.12. The lowest BCUT2D eigenvalue weighted by Gasteiger charge is -2.13. The third-order valence-electron chi connectivity index (χ3n) is 4.50. The van der Waals surface area contributed by atoms with Crippen LogP contribution in [0.5, 0.6) is 5.75 Å². The molecule has 0 amide bonds. The van der Waals surface area contributed by atoms with Crippen LogP contribution in [0, 0.1) is 0 Å². The van der Waals surface area contributed by atoms with E-state index in [0.29, 0.717) is 10.9 Å². The van der Waals surface area contributed by atoms with Gasteiger partial charge in [-0.05, 0) is 24.3 Å². The van der Waals surface area contributed by atoms with Crippen molar-refractivity contribution in [1.29, 1.82) is 0 Å². The largest absolute Gasteiger partial charge is 0.494 e. The number of aromatic nitrogens is 5. The van der Waals surface area contributed by atoms with Crippen molar-refractivity contribution in [3.05, 3.63) is 54.6 Å². The van der Waals surface area contributed by atoms with Gasteiger partial charge in [0, 0.05) is 18.6 Å². The Kier molecular flexibility index (Phi) is 4.84. The number of fused-ring (bicyclic) bond motifs is 1. The Labute approximate surface area is 174 Å². The van der Waals surface area contributed by atoms with E-state index in [-0.39, 0.29) is 22.2 Å². The molecule has 0 saturated heterocycles. The van der Waals surface area contributed by atoms with E-state index in [2.05, 4.69) is 19.9 Å². The normalized spacial score (nSPS) is 12.3. The molecule has 4 aromatic rings. The molecule has 0 aliphatic heterocycles. The number of hydrogen-bond acceptors (Lipinski definition) is 6. The zero-order valence-corrected chi connectivity index (χ0v) is 16.9. The monoisotopic (exact) mass is 452 g/mol. The maximum Gasteiger partial charge on any atom is 0.416 e. The summed E-state index contributed by atoms with van der Waals surface area (Å²) in [6.07, 6.45) is 0.0601. The number of sulfonamides is 1. The molecule has 1 aromatic carbocycles. The van der Waals surface area contributed by atoms with Crippen LogP contribution in [0.4, 0.5) is 18.9 Å². The van der Waals surface area contributed by atoms with E-state index in [1.165, 1.54) is 11.8 Å². The summed E-state index contributed by atoms with van der Waals surface area (Å²) in [5.74, 6) is 0.0919. The number of nitrogens with one attached hydrogen (secondary N) is 1. The highest BCUT2D eigenvalue weighted by molar-refractivity contribution is 7.92. The Bertz CT molecular complexity index is 1380. The van der Waals surface area contributed by atoms with Gasteiger partial charge < -0.3 is 4.74 Å². The molecule has 0 radical (unpaired) electrons. The van der Waals surface area contributed by atoms with Gasteiger partial charge in [0.05, 0.1) is 36.8 Å². The summed E-state index contributed by atoms with van der Waals surface area (Å²) in [6, 6.07) is 4.91. The van der Waals surface area contributed by atoms with E-state index >= 15 is 0 Å². The Balaban J connectivity index is 1.72. The molecule has 0 fully saturated rings. The fourth-order valence-electron chi connectivity index (χ4n) is 3.00. The lowest BCUT2D eigenvalue weighted by atomic mass is 10.2. The van der Waals surface area contributed by atoms with E-state index in [1.54, 1.807) is 25.4 Å². The second kappa shape index (κ2) is 7.27. The second-order valence-electron chi connectivity index (χ2n) is 6.48. The molecular formula is C18H15F3N6O3S. The molecule has 0 aliphatic carbocycles. The van der Waals surface area contributed by atoms with Crippen molar-refractivity contribution in [2.24, 2.45) is 7.05 Å². The summed E-state index contributed by atoms with van der Waals surface area (Å²) in [6.45, 7) is 0. The van der Waals surface area contributed by atoms with Crippen molar-refractivity contribution in [2.75, 3.05) is 11.8 Å². The molecule has 3 aromatic heterocycles. The summed E-state index contributed by atoms with van der Waals surface area (Å²) in [4.78, 5) is 3.56. The van der Waals surface area contributed by atoms with Crippen molar-refractivity contribution in [2.45, 2.75) is 11.1 Å². The number of halogens is 3. The Hall–Kier alpha value is -3.61. The van der Waals surface area contributed by atoms with Crippen LogP contribution in [-0.4, -0.2) is 40.1 Å². The molecule has 0 saturated carbocycles. The second-order valence-corrected chi connectivity index (χ2v) is 8.16. The molecule has 3 heterocycles. The molecule has 0 unspecified atom stereocenters. The predicted octanol–water partition coefficient (Wildman–Crippen LogP) is 2.98. The topological polar surface area (TPSA) is 104 Å². The number of anilines is 1. The van der Waals surface area contributed by atoms with Crippen molar-refractivity contribution in [1.82, 2.24) is 24.5 Å². The molecule has 31 heavy (non-hydrogen) atoms. The summed E-state index contributed by atoms with van der Waals surface area (Å²) in [5.41, 5.74) is -0.261. The van der Waals surface area contributed by atoms with Crippen LogP contribution in [0.25, 0.3) is 16.7 Å². The summed E-state index contributed by atoms with van der Waals surface area (Å²) < 4.78 is 74.9. The van der Waals surface area contributed by atoms with Gasteiger partial charge in [-0.25, -0.2) is 18.1 Å². The summed E-state index contributed by atoms with van der Waals surface area (Å²) in [5, 5.41) is 8.65. The minimum atomic E-state index is -4.57. The molecule has 4 rings (SSSR count). The zero-order chi connectivity index (χ0) is 22.4. The number of methoxy groups -OCH3 is 1. The Morgan fingerprint density at radius 3 is 2.61 bits per heavy atom. The van der Waals surface area contributed by atoms with Crippen LogP contribution in [0.2, 0.25) is 0 Å². The summed E-state index contributed by atoms with van der Waals surface area (Å²) >= 11 is 0. The number of ether oxygens (including phenoxy) is 1. The maximum atomic E-state index is 13.0. The van der Waals surface area contributed by atoms with E-state index in [9.17, 15) is 21.6 Å². The minimum Gasteiger partial charge on any atom is -0.494 e. The average Bonchev–Trinajstić information content (AvgIpc) is 3.36. The first kappa shape index (κ1) is 20.7. The third-order valence-corrected chi connectivity index (χ3v) is 5.80. The molecular weight excluding hydrogens is 437 g/mol. The number of benzene rings is 1. The quantitative estimate of drug-likeness (QED) is 0.499. The number of alkyl halides is 3. The SMILES string of the molecule is COc1ccc2cnn(C)c2c1NS(=O)(=O)c1cnn(-c2cc(C(F)(F)F)ccn2)c1. The molecule has 9 nitrogen and oxygen atoms in total. The van der Waals surface area contributed by atoms with Crippen molar-refractivity contribution >= 4 is 26.6 Å². The van der Waals surface area contributed by atoms with E-state index < -0.39 is 21.8 Å². The van der Waals surface area contributed by atoms with Crippen LogP contribution in [0.15, 0.2) is 53.9 Å². The number of nitrogens with zero attached hydrogens (tertiary/aromatic N) is 5. The number of rotatable bonds is 5. The molecule has 0 aliphatic rings. The fourth-order valence-corrected chi connectivity index (χ4v) is 4.01. The van der Waals surface area contributed by atoms with Crippen molar-refractivity contribution in [3.63, 3.8) is 0 Å². The number of aryl methyl sites for hydroxylation is 1. The van der Waals surface area contributed by atoms with E-state index in [4.69, 9.17) is 4.74 Å². The van der Waals surface area contributed by atoms with Crippen LogP contribution >= 0.6 is 0 Å². The number of pyridine rings is 1. The highest BCUT2D eigenvalue weighted by Crippen LogP contribution is 2.34. The van der Waals surface area contributed by atoms with Gasteiger partial charge in [-0.2, -0.15) is 23.4 Å². The highest BCUT2D eigenvalue weighted by Gasteiger charge is 2.31. The first-order chi connectivity index (χ1) is 14.6. The van der Waals surface area contributed by atoms with Gasteiger partial charge in [0.2, 0.25) is 0 Å². The van der Waals surface area contributed by atoms with Gasteiger partial charge in [-0.3, -0.25) is 9.40 Å². The maximum absolute atomic E-state index is 13.0. The minimum absolute atomic E-state index is 0.171. The molecule has 1 N–H and O–H groups in total. The standard InChI is InChI=1S/C18H15F3N6O3S/c1-26-17-11(8-23-26)3-4-14(30-2)16(17)25-31(28,29)13-9-24-27(10-13)15-7-12(5-6-22-15)18(19,20)21/h3-10,25H,1-2H3. The van der Waals surface area contributed by atoms with E-state index in [1.807, 2.05) is 0 Å². The van der Waals surface area contributed by atoms with E-state index in [0.717, 1.165) is 35.4 Å². The van der Waals surface area contributed by atoms with Gasteiger partial charge in [0.25, 0.3) is 10.0 Å². The Morgan fingerprint density at radius 1 is 1.13 bits per heavy atom. The van der Waals surface area contributed by atoms with Crippen LogP contribution in [0.3, 0.4) is 0 Å². The van der Waals surface area contributed by atoms with Crippen LogP contribution in [-0.2, 0) is 23.2 Å². The smallest absolute Gasteiger partial charge is 0.416 e. The molecule has 0 spiro atoms. The van der Waals surface area contributed by atoms with Gasteiger partial charge in [-0.15, -0.1) is 0 Å².